The maximum absolute atomic E-state index is 12.0. The lowest BCUT2D eigenvalue weighted by Gasteiger charge is -2.22. The highest BCUT2D eigenvalue weighted by Gasteiger charge is 2.24. The van der Waals surface area contributed by atoms with Gasteiger partial charge in [0.05, 0.1) is 0 Å². The number of carboxylic acid groups (broad SMARTS) is 1. The van der Waals surface area contributed by atoms with E-state index < -0.39 is 35.7 Å². The summed E-state index contributed by atoms with van der Waals surface area (Å²) in [6, 6.07) is 4.93. The van der Waals surface area contributed by atoms with E-state index >= 15 is 0 Å². The average molecular weight is 415 g/mol. The number of hydrogen-bond acceptors (Lipinski definition) is 6. The number of amides is 1. The number of carbonyl (C=O) groups excluding carboxylic acids is 2. The number of ether oxygens (including phenoxy) is 2. The number of carboxylic acids is 1. The van der Waals surface area contributed by atoms with E-state index in [-0.39, 0.29) is 19.4 Å². The minimum atomic E-state index is -1.19. The maximum atomic E-state index is 12.0. The number of alkyl carbamates (subject to hydrolysis) is 1. The Hall–Kier alpha value is -2.32. The van der Waals surface area contributed by atoms with Gasteiger partial charge >= 0.3 is 18.0 Å². The van der Waals surface area contributed by atoms with Crippen LogP contribution in [0.1, 0.15) is 45.6 Å². The predicted octanol–water partition coefficient (Wildman–Crippen LogP) is 2.86. The Labute approximate surface area is 169 Å². The normalized spacial score (nSPS) is 13.3. The highest BCUT2D eigenvalue weighted by molar-refractivity contribution is 6.31. The van der Waals surface area contributed by atoms with Gasteiger partial charge < -0.3 is 25.6 Å². The van der Waals surface area contributed by atoms with Gasteiger partial charge in [0, 0.05) is 10.6 Å². The van der Waals surface area contributed by atoms with Crippen molar-refractivity contribution in [2.45, 2.75) is 64.3 Å². The van der Waals surface area contributed by atoms with Crippen LogP contribution in [0.25, 0.3) is 0 Å². The van der Waals surface area contributed by atoms with Gasteiger partial charge in [-0.1, -0.05) is 29.8 Å². The molecule has 2 atom stereocenters. The van der Waals surface area contributed by atoms with Crippen molar-refractivity contribution in [3.63, 3.8) is 0 Å². The van der Waals surface area contributed by atoms with Crippen molar-refractivity contribution < 1.29 is 29.0 Å². The highest BCUT2D eigenvalue weighted by atomic mass is 35.5. The Morgan fingerprint density at radius 1 is 1.21 bits per heavy atom. The minimum absolute atomic E-state index is 0.00412. The van der Waals surface area contributed by atoms with Gasteiger partial charge in [0.15, 0.2) is 0 Å². The van der Waals surface area contributed by atoms with E-state index in [9.17, 15) is 19.5 Å². The molecule has 0 heterocycles. The van der Waals surface area contributed by atoms with Crippen LogP contribution in [-0.2, 0) is 25.7 Å². The number of benzene rings is 1. The fourth-order valence-electron chi connectivity index (χ4n) is 2.24. The molecule has 0 saturated carbocycles. The second kappa shape index (κ2) is 10.9. The number of carbonyl (C=O) groups is 3. The molecule has 9 heteroatoms. The van der Waals surface area contributed by atoms with Gasteiger partial charge in [-0.05, 0) is 46.1 Å². The second-order valence-corrected chi connectivity index (χ2v) is 7.68. The van der Waals surface area contributed by atoms with Crippen molar-refractivity contribution in [2.75, 3.05) is 0 Å². The lowest BCUT2D eigenvalue weighted by molar-refractivity contribution is -0.146. The smallest absolute Gasteiger partial charge is 0.408 e. The zero-order valence-electron chi connectivity index (χ0n) is 16.2. The first-order valence-corrected chi connectivity index (χ1v) is 9.25. The van der Waals surface area contributed by atoms with E-state index in [0.29, 0.717) is 17.0 Å². The summed E-state index contributed by atoms with van der Waals surface area (Å²) >= 11 is 5.99. The van der Waals surface area contributed by atoms with Crippen LogP contribution >= 0.6 is 11.6 Å². The summed E-state index contributed by atoms with van der Waals surface area (Å²) in [5.41, 5.74) is 5.73. The fraction of sp³-hybridized carbons (Fsp3) is 0.526. The van der Waals surface area contributed by atoms with Crippen molar-refractivity contribution in [1.29, 1.82) is 0 Å². The molecular weight excluding hydrogens is 388 g/mol. The van der Waals surface area contributed by atoms with Crippen molar-refractivity contribution in [3.8, 4) is 0 Å². The molecule has 0 aromatic heterocycles. The van der Waals surface area contributed by atoms with Crippen molar-refractivity contribution in [3.05, 3.63) is 34.9 Å². The molecule has 1 unspecified atom stereocenters. The molecule has 0 aliphatic carbocycles. The number of hydrogen-bond donors (Lipinski definition) is 3. The van der Waals surface area contributed by atoms with Crippen LogP contribution < -0.4 is 11.1 Å². The summed E-state index contributed by atoms with van der Waals surface area (Å²) in [6.45, 7) is 5.03. The molecule has 156 valence electrons. The van der Waals surface area contributed by atoms with Gasteiger partial charge in [-0.15, -0.1) is 0 Å². The lowest BCUT2D eigenvalue weighted by atomic mass is 10.1. The van der Waals surface area contributed by atoms with Crippen LogP contribution in [-0.4, -0.2) is 40.8 Å². The van der Waals surface area contributed by atoms with Gasteiger partial charge in [0.25, 0.3) is 0 Å². The minimum Gasteiger partial charge on any atom is -0.480 e. The first-order chi connectivity index (χ1) is 13.0. The van der Waals surface area contributed by atoms with Crippen LogP contribution in [0.15, 0.2) is 24.3 Å². The number of nitrogens with one attached hydrogen (secondary N) is 1. The monoisotopic (exact) mass is 414 g/mol. The molecule has 0 fully saturated rings. The van der Waals surface area contributed by atoms with Crippen LogP contribution in [0.3, 0.4) is 0 Å². The van der Waals surface area contributed by atoms with E-state index in [2.05, 4.69) is 5.32 Å². The summed E-state index contributed by atoms with van der Waals surface area (Å²) in [7, 11) is 0. The molecular formula is C19H27ClN2O6. The standard InChI is InChI=1S/C19H27ClN2O6/c1-19(2,3)28-18(26)22-15(16(23)24)10-6-9-14(21)17(25)27-11-12-7-4-5-8-13(12)20/h4-5,7-8,14-15H,6,9-11,21H2,1-3H3,(H,22,26)(H,23,24)/t14?,15-/m1/s1. The number of esters is 1. The largest absolute Gasteiger partial charge is 0.480 e. The zero-order chi connectivity index (χ0) is 21.3. The molecule has 28 heavy (non-hydrogen) atoms. The molecule has 0 radical (unpaired) electrons. The number of nitrogens with two attached hydrogens (primary N) is 1. The lowest BCUT2D eigenvalue weighted by Crippen LogP contribution is -2.43. The molecule has 0 bridgehead atoms. The van der Waals surface area contributed by atoms with Crippen LogP contribution in [0.4, 0.5) is 4.79 Å². The van der Waals surface area contributed by atoms with Crippen LogP contribution in [0.2, 0.25) is 5.02 Å². The Balaban J connectivity index is 2.41. The van der Waals surface area contributed by atoms with E-state index in [0.717, 1.165) is 0 Å². The van der Waals surface area contributed by atoms with E-state index in [4.69, 9.17) is 26.8 Å². The Kier molecular flexibility index (Phi) is 9.21. The quantitative estimate of drug-likeness (QED) is 0.530. The molecule has 1 rings (SSSR count). The summed E-state index contributed by atoms with van der Waals surface area (Å²) in [6.07, 6.45) is -0.209. The van der Waals surface area contributed by atoms with Crippen molar-refractivity contribution in [1.82, 2.24) is 5.32 Å². The maximum Gasteiger partial charge on any atom is 0.408 e. The molecule has 8 nitrogen and oxygen atoms in total. The first kappa shape index (κ1) is 23.7. The Morgan fingerprint density at radius 2 is 1.86 bits per heavy atom. The summed E-state index contributed by atoms with van der Waals surface area (Å²) in [4.78, 5) is 35.0. The molecule has 0 saturated heterocycles. The van der Waals surface area contributed by atoms with Crippen LogP contribution in [0, 0.1) is 0 Å². The third-order valence-corrected chi connectivity index (χ3v) is 4.00. The van der Waals surface area contributed by atoms with Gasteiger partial charge in [0.2, 0.25) is 0 Å². The molecule has 0 spiro atoms. The second-order valence-electron chi connectivity index (χ2n) is 7.27. The fourth-order valence-corrected chi connectivity index (χ4v) is 2.43. The van der Waals surface area contributed by atoms with Crippen LogP contribution in [0.5, 0.6) is 0 Å². The van der Waals surface area contributed by atoms with Gasteiger partial charge in [-0.3, -0.25) is 4.79 Å². The number of aliphatic carboxylic acids is 1. The molecule has 1 aromatic carbocycles. The topological polar surface area (TPSA) is 128 Å². The summed E-state index contributed by atoms with van der Waals surface area (Å²) in [5.74, 6) is -1.80. The highest BCUT2D eigenvalue weighted by Crippen LogP contribution is 2.16. The molecule has 0 aliphatic rings. The van der Waals surface area contributed by atoms with E-state index in [1.807, 2.05) is 0 Å². The molecule has 1 amide bonds. The van der Waals surface area contributed by atoms with Gasteiger partial charge in [0.1, 0.15) is 24.3 Å². The number of rotatable bonds is 9. The average Bonchev–Trinajstić information content (AvgIpc) is 2.58. The van der Waals surface area contributed by atoms with Gasteiger partial charge in [-0.25, -0.2) is 9.59 Å². The summed E-state index contributed by atoms with van der Waals surface area (Å²) in [5, 5.41) is 12.0. The molecule has 4 N–H and O–H groups in total. The van der Waals surface area contributed by atoms with Crippen molar-refractivity contribution >= 4 is 29.6 Å². The molecule has 1 aromatic rings. The predicted molar refractivity (Wildman–Crippen MR) is 104 cm³/mol. The Morgan fingerprint density at radius 3 is 2.43 bits per heavy atom. The third kappa shape index (κ3) is 9.05. The number of halogens is 1. The van der Waals surface area contributed by atoms with Crippen molar-refractivity contribution in [2.24, 2.45) is 5.73 Å². The zero-order valence-corrected chi connectivity index (χ0v) is 17.0. The van der Waals surface area contributed by atoms with E-state index in [1.54, 1.807) is 45.0 Å². The van der Waals surface area contributed by atoms with E-state index in [1.165, 1.54) is 0 Å². The summed E-state index contributed by atoms with van der Waals surface area (Å²) < 4.78 is 10.2. The van der Waals surface area contributed by atoms with Gasteiger partial charge in [-0.2, -0.15) is 0 Å². The first-order valence-electron chi connectivity index (χ1n) is 8.87. The Bertz CT molecular complexity index is 689. The SMILES string of the molecule is CC(C)(C)OC(=O)N[C@H](CCCC(N)C(=O)OCc1ccccc1Cl)C(=O)O. The molecule has 0 aliphatic heterocycles. The third-order valence-electron chi connectivity index (χ3n) is 3.63.